The highest BCUT2D eigenvalue weighted by Crippen LogP contribution is 2.41. The standard InChI is InChI=1S/C12H14Cl2NO/c1-16-10-3-2-9(13)12(14)11(10)8-4-6-15-7-5-8/h2-3,6,8,15H,4-5,7H2,1H3/t8-/m1/s1. The highest BCUT2D eigenvalue weighted by molar-refractivity contribution is 6.42. The van der Waals surface area contributed by atoms with Crippen molar-refractivity contribution in [3.05, 3.63) is 34.3 Å². The quantitative estimate of drug-likeness (QED) is 0.875. The van der Waals surface area contributed by atoms with Gasteiger partial charge in [0, 0.05) is 12.1 Å². The van der Waals surface area contributed by atoms with Gasteiger partial charge in [-0.2, -0.15) is 0 Å². The van der Waals surface area contributed by atoms with Crippen molar-refractivity contribution in [1.82, 2.24) is 5.32 Å². The van der Waals surface area contributed by atoms with Gasteiger partial charge in [0.15, 0.2) is 0 Å². The first kappa shape index (κ1) is 12.0. The van der Waals surface area contributed by atoms with Crippen molar-refractivity contribution in [3.63, 3.8) is 0 Å². The SMILES string of the molecule is COc1ccc(Cl)c(Cl)c1[C@@H]1C[CH]NCC1. The Kier molecular flexibility index (Phi) is 3.95. The summed E-state index contributed by atoms with van der Waals surface area (Å²) in [7, 11) is 1.66. The Morgan fingerprint density at radius 1 is 1.38 bits per heavy atom. The number of ether oxygens (including phenoxy) is 1. The predicted molar refractivity (Wildman–Crippen MR) is 67.3 cm³/mol. The van der Waals surface area contributed by atoms with Gasteiger partial charge in [-0.05, 0) is 37.4 Å². The van der Waals surface area contributed by atoms with Crippen molar-refractivity contribution in [2.75, 3.05) is 13.7 Å². The molecule has 1 saturated heterocycles. The van der Waals surface area contributed by atoms with Crippen molar-refractivity contribution < 1.29 is 4.74 Å². The van der Waals surface area contributed by atoms with E-state index in [0.29, 0.717) is 16.0 Å². The maximum absolute atomic E-state index is 6.26. The molecule has 0 aromatic heterocycles. The predicted octanol–water partition coefficient (Wildman–Crippen LogP) is 3.63. The van der Waals surface area contributed by atoms with Gasteiger partial charge in [-0.25, -0.2) is 0 Å². The number of hydrogen-bond donors (Lipinski definition) is 1. The summed E-state index contributed by atoms with van der Waals surface area (Å²) in [6, 6.07) is 3.66. The molecule has 2 nitrogen and oxygen atoms in total. The van der Waals surface area contributed by atoms with Crippen LogP contribution in [-0.4, -0.2) is 13.7 Å². The lowest BCUT2D eigenvalue weighted by molar-refractivity contribution is 0.398. The minimum atomic E-state index is 0.391. The van der Waals surface area contributed by atoms with E-state index in [4.69, 9.17) is 27.9 Å². The lowest BCUT2D eigenvalue weighted by Crippen LogP contribution is -2.22. The van der Waals surface area contributed by atoms with Crippen molar-refractivity contribution in [3.8, 4) is 5.75 Å². The first-order chi connectivity index (χ1) is 7.74. The molecule has 1 aromatic carbocycles. The second-order valence-corrected chi connectivity index (χ2v) is 4.64. The van der Waals surface area contributed by atoms with Gasteiger partial charge in [0.05, 0.1) is 17.2 Å². The molecule has 87 valence electrons. The fourth-order valence-electron chi connectivity index (χ4n) is 2.07. The zero-order valence-corrected chi connectivity index (χ0v) is 10.6. The Morgan fingerprint density at radius 3 is 2.81 bits per heavy atom. The molecule has 0 aliphatic carbocycles. The molecule has 2 rings (SSSR count). The molecule has 1 heterocycles. The van der Waals surface area contributed by atoms with Gasteiger partial charge in [0.1, 0.15) is 5.75 Å². The molecule has 1 radical (unpaired) electrons. The molecule has 16 heavy (non-hydrogen) atoms. The van der Waals surface area contributed by atoms with Gasteiger partial charge in [-0.15, -0.1) is 0 Å². The normalized spacial score (nSPS) is 17.4. The molecular formula is C12H14Cl2NO. The van der Waals surface area contributed by atoms with Gasteiger partial charge in [0.25, 0.3) is 0 Å². The Labute approximate surface area is 106 Å². The zero-order valence-electron chi connectivity index (χ0n) is 9.09. The molecule has 1 fully saturated rings. The molecule has 0 unspecified atom stereocenters. The summed E-state index contributed by atoms with van der Waals surface area (Å²) in [5.41, 5.74) is 1.04. The van der Waals surface area contributed by atoms with Crippen LogP contribution in [0.2, 0.25) is 10.0 Å². The summed E-state index contributed by atoms with van der Waals surface area (Å²) < 4.78 is 5.36. The van der Waals surface area contributed by atoms with Gasteiger partial charge in [-0.1, -0.05) is 23.2 Å². The van der Waals surface area contributed by atoms with Crippen molar-refractivity contribution in [2.45, 2.75) is 18.8 Å². The molecule has 0 bridgehead atoms. The lowest BCUT2D eigenvalue weighted by Gasteiger charge is -2.25. The fraction of sp³-hybridized carbons (Fsp3) is 0.417. The van der Waals surface area contributed by atoms with Crippen LogP contribution in [0.25, 0.3) is 0 Å². The summed E-state index contributed by atoms with van der Waals surface area (Å²) >= 11 is 12.3. The zero-order chi connectivity index (χ0) is 11.5. The third-order valence-corrected chi connectivity index (χ3v) is 3.72. The average molecular weight is 259 g/mol. The van der Waals surface area contributed by atoms with E-state index < -0.39 is 0 Å². The van der Waals surface area contributed by atoms with E-state index >= 15 is 0 Å². The molecular weight excluding hydrogens is 245 g/mol. The molecule has 0 saturated carbocycles. The lowest BCUT2D eigenvalue weighted by atomic mass is 9.89. The maximum atomic E-state index is 6.26. The average Bonchev–Trinajstić information content (AvgIpc) is 2.33. The van der Waals surface area contributed by atoms with Crippen LogP contribution in [0.1, 0.15) is 24.3 Å². The largest absolute Gasteiger partial charge is 0.496 e. The molecule has 1 N–H and O–H groups in total. The number of benzene rings is 1. The van der Waals surface area contributed by atoms with Crippen LogP contribution >= 0.6 is 23.2 Å². The Morgan fingerprint density at radius 2 is 2.19 bits per heavy atom. The Hall–Kier alpha value is -0.440. The van der Waals surface area contributed by atoms with Crippen molar-refractivity contribution in [1.29, 1.82) is 0 Å². The van der Waals surface area contributed by atoms with Crippen LogP contribution in [0.4, 0.5) is 0 Å². The maximum Gasteiger partial charge on any atom is 0.123 e. The number of nitrogens with one attached hydrogen (secondary N) is 1. The van der Waals surface area contributed by atoms with E-state index in [-0.39, 0.29) is 0 Å². The first-order valence-electron chi connectivity index (χ1n) is 5.31. The highest BCUT2D eigenvalue weighted by Gasteiger charge is 2.23. The molecule has 1 aromatic rings. The third-order valence-electron chi connectivity index (χ3n) is 2.90. The number of hydrogen-bond acceptors (Lipinski definition) is 2. The third kappa shape index (κ3) is 2.29. The number of halogens is 2. The highest BCUT2D eigenvalue weighted by atomic mass is 35.5. The number of piperidine rings is 1. The second-order valence-electron chi connectivity index (χ2n) is 3.86. The molecule has 1 aliphatic rings. The van der Waals surface area contributed by atoms with Crippen LogP contribution in [0, 0.1) is 6.54 Å². The van der Waals surface area contributed by atoms with Crippen molar-refractivity contribution in [2.24, 2.45) is 0 Å². The number of methoxy groups -OCH3 is 1. The molecule has 1 atom stereocenters. The van der Waals surface area contributed by atoms with E-state index in [9.17, 15) is 0 Å². The van der Waals surface area contributed by atoms with Crippen LogP contribution in [-0.2, 0) is 0 Å². The van der Waals surface area contributed by atoms with E-state index in [2.05, 4.69) is 11.9 Å². The summed E-state index contributed by atoms with van der Waals surface area (Å²) in [5.74, 6) is 1.22. The summed E-state index contributed by atoms with van der Waals surface area (Å²) in [6.07, 6.45) is 2.00. The van der Waals surface area contributed by atoms with E-state index in [0.717, 1.165) is 30.7 Å². The van der Waals surface area contributed by atoms with Crippen LogP contribution < -0.4 is 10.1 Å². The minimum Gasteiger partial charge on any atom is -0.496 e. The minimum absolute atomic E-state index is 0.391. The summed E-state index contributed by atoms with van der Waals surface area (Å²) in [4.78, 5) is 0. The molecule has 0 spiro atoms. The molecule has 0 amide bonds. The molecule has 1 aliphatic heterocycles. The van der Waals surface area contributed by atoms with Crippen molar-refractivity contribution >= 4 is 23.2 Å². The fourth-order valence-corrected chi connectivity index (χ4v) is 2.55. The summed E-state index contributed by atoms with van der Waals surface area (Å²) in [6.45, 7) is 3.04. The van der Waals surface area contributed by atoms with Gasteiger partial charge < -0.3 is 10.1 Å². The Bertz CT molecular complexity index is 376. The van der Waals surface area contributed by atoms with E-state index in [1.807, 2.05) is 6.07 Å². The van der Waals surface area contributed by atoms with Crippen LogP contribution in [0.15, 0.2) is 12.1 Å². The van der Waals surface area contributed by atoms with E-state index in [1.165, 1.54) is 0 Å². The first-order valence-corrected chi connectivity index (χ1v) is 6.06. The topological polar surface area (TPSA) is 21.3 Å². The Balaban J connectivity index is 2.39. The van der Waals surface area contributed by atoms with E-state index in [1.54, 1.807) is 13.2 Å². The monoisotopic (exact) mass is 258 g/mol. The summed E-state index contributed by atoms with van der Waals surface area (Å²) in [5, 5.41) is 4.43. The molecule has 4 heteroatoms. The van der Waals surface area contributed by atoms with Crippen LogP contribution in [0.3, 0.4) is 0 Å². The van der Waals surface area contributed by atoms with Gasteiger partial charge >= 0.3 is 0 Å². The van der Waals surface area contributed by atoms with Gasteiger partial charge in [0.2, 0.25) is 0 Å². The van der Waals surface area contributed by atoms with Crippen LogP contribution in [0.5, 0.6) is 5.75 Å². The smallest absolute Gasteiger partial charge is 0.123 e. The van der Waals surface area contributed by atoms with Gasteiger partial charge in [-0.3, -0.25) is 0 Å². The second kappa shape index (κ2) is 5.26. The number of rotatable bonds is 2.